The van der Waals surface area contributed by atoms with Gasteiger partial charge >= 0.3 is 6.03 Å². The standard InChI is InChI=1S/C16H13N3O2/c1-11(20)13-5-3-7-15(9-13)19-16(21)18-14-6-2-4-12(8-14)10-17/h2-9H,1H3,(H2,18,19,21). The van der Waals surface area contributed by atoms with E-state index in [0.717, 1.165) is 0 Å². The normalized spacial score (nSPS) is 9.52. The number of hydrogen-bond acceptors (Lipinski definition) is 3. The summed E-state index contributed by atoms with van der Waals surface area (Å²) in [5, 5.41) is 14.1. The third-order valence-electron chi connectivity index (χ3n) is 2.78. The zero-order valence-corrected chi connectivity index (χ0v) is 11.4. The Balaban J connectivity index is 2.06. The molecule has 0 heterocycles. The molecule has 0 radical (unpaired) electrons. The summed E-state index contributed by atoms with van der Waals surface area (Å²) in [6, 6.07) is 14.8. The van der Waals surface area contributed by atoms with Crippen LogP contribution < -0.4 is 10.6 Å². The van der Waals surface area contributed by atoms with Crippen LogP contribution in [-0.2, 0) is 0 Å². The zero-order valence-electron chi connectivity index (χ0n) is 11.4. The predicted octanol–water partition coefficient (Wildman–Crippen LogP) is 3.40. The number of nitriles is 1. The van der Waals surface area contributed by atoms with Crippen LogP contribution in [0.15, 0.2) is 48.5 Å². The topological polar surface area (TPSA) is 82.0 Å². The number of benzene rings is 2. The molecule has 2 N–H and O–H groups in total. The van der Waals surface area contributed by atoms with Crippen LogP contribution >= 0.6 is 0 Å². The van der Waals surface area contributed by atoms with Crippen molar-refractivity contribution < 1.29 is 9.59 Å². The van der Waals surface area contributed by atoms with Crippen molar-refractivity contribution in [1.29, 1.82) is 5.26 Å². The average Bonchev–Trinajstić information content (AvgIpc) is 2.47. The van der Waals surface area contributed by atoms with E-state index in [1.54, 1.807) is 48.5 Å². The van der Waals surface area contributed by atoms with Crippen molar-refractivity contribution in [3.63, 3.8) is 0 Å². The molecule has 2 amide bonds. The smallest absolute Gasteiger partial charge is 0.308 e. The van der Waals surface area contributed by atoms with Gasteiger partial charge in [-0.15, -0.1) is 0 Å². The minimum atomic E-state index is -0.439. The molecule has 0 aliphatic carbocycles. The van der Waals surface area contributed by atoms with E-state index in [1.165, 1.54) is 6.92 Å². The van der Waals surface area contributed by atoms with Crippen molar-refractivity contribution in [3.8, 4) is 6.07 Å². The molecule has 21 heavy (non-hydrogen) atoms. The van der Waals surface area contributed by atoms with Gasteiger partial charge in [-0.25, -0.2) is 4.79 Å². The molecule has 0 unspecified atom stereocenters. The van der Waals surface area contributed by atoms with Gasteiger partial charge < -0.3 is 10.6 Å². The van der Waals surface area contributed by atoms with Crippen LogP contribution in [0, 0.1) is 11.3 Å². The van der Waals surface area contributed by atoms with Crippen LogP contribution in [0.3, 0.4) is 0 Å². The number of anilines is 2. The van der Waals surface area contributed by atoms with Crippen molar-refractivity contribution in [3.05, 3.63) is 59.7 Å². The Labute approximate surface area is 122 Å². The molecule has 0 saturated carbocycles. The molecule has 0 aromatic heterocycles. The van der Waals surface area contributed by atoms with Crippen LogP contribution in [0.25, 0.3) is 0 Å². The number of amides is 2. The maximum absolute atomic E-state index is 11.9. The van der Waals surface area contributed by atoms with Gasteiger partial charge in [0.2, 0.25) is 0 Å². The quantitative estimate of drug-likeness (QED) is 0.845. The molecule has 0 bridgehead atoms. The molecule has 2 rings (SSSR count). The number of carbonyl (C=O) groups excluding carboxylic acids is 2. The van der Waals surface area contributed by atoms with Gasteiger partial charge in [0, 0.05) is 16.9 Å². The summed E-state index contributed by atoms with van der Waals surface area (Å²) < 4.78 is 0. The number of carbonyl (C=O) groups is 2. The van der Waals surface area contributed by atoms with Gasteiger partial charge in [0.15, 0.2) is 5.78 Å². The number of nitrogens with one attached hydrogen (secondary N) is 2. The highest BCUT2D eigenvalue weighted by molar-refractivity contribution is 6.01. The Hall–Kier alpha value is -3.13. The van der Waals surface area contributed by atoms with E-state index in [-0.39, 0.29) is 5.78 Å². The first-order valence-corrected chi connectivity index (χ1v) is 6.27. The van der Waals surface area contributed by atoms with E-state index < -0.39 is 6.03 Å². The molecular formula is C16H13N3O2. The van der Waals surface area contributed by atoms with Gasteiger partial charge in [0.05, 0.1) is 11.6 Å². The van der Waals surface area contributed by atoms with E-state index in [0.29, 0.717) is 22.5 Å². The van der Waals surface area contributed by atoms with Crippen molar-refractivity contribution in [2.24, 2.45) is 0 Å². The number of urea groups is 1. The lowest BCUT2D eigenvalue weighted by molar-refractivity contribution is 0.101. The monoisotopic (exact) mass is 279 g/mol. The highest BCUT2D eigenvalue weighted by Gasteiger charge is 2.05. The summed E-state index contributed by atoms with van der Waals surface area (Å²) in [5.74, 6) is -0.0687. The van der Waals surface area contributed by atoms with Crippen LogP contribution in [0.1, 0.15) is 22.8 Å². The van der Waals surface area contributed by atoms with Crippen LogP contribution in [-0.4, -0.2) is 11.8 Å². The summed E-state index contributed by atoms with van der Waals surface area (Å²) in [4.78, 5) is 23.2. The van der Waals surface area contributed by atoms with Gasteiger partial charge in [-0.05, 0) is 37.3 Å². The average molecular weight is 279 g/mol. The molecule has 0 fully saturated rings. The second kappa shape index (κ2) is 6.35. The molecule has 5 heteroatoms. The maximum Gasteiger partial charge on any atom is 0.323 e. The van der Waals surface area contributed by atoms with E-state index in [1.807, 2.05) is 6.07 Å². The fourth-order valence-electron chi connectivity index (χ4n) is 1.78. The Morgan fingerprint density at radius 1 is 1.00 bits per heavy atom. The van der Waals surface area contributed by atoms with Gasteiger partial charge in [0.25, 0.3) is 0 Å². The number of hydrogen-bond donors (Lipinski definition) is 2. The van der Waals surface area contributed by atoms with Gasteiger partial charge in [0.1, 0.15) is 0 Å². The Bertz CT molecular complexity index is 732. The summed E-state index contributed by atoms with van der Waals surface area (Å²) in [7, 11) is 0. The first kappa shape index (κ1) is 14.3. The number of ketones is 1. The van der Waals surface area contributed by atoms with Crippen LogP contribution in [0.5, 0.6) is 0 Å². The van der Waals surface area contributed by atoms with Gasteiger partial charge in [-0.3, -0.25) is 4.79 Å². The van der Waals surface area contributed by atoms with E-state index >= 15 is 0 Å². The highest BCUT2D eigenvalue weighted by Crippen LogP contribution is 2.13. The molecule has 2 aromatic carbocycles. The summed E-state index contributed by atoms with van der Waals surface area (Å²) in [6.45, 7) is 1.46. The maximum atomic E-state index is 11.9. The lowest BCUT2D eigenvalue weighted by Gasteiger charge is -2.08. The molecule has 2 aromatic rings. The summed E-state index contributed by atoms with van der Waals surface area (Å²) in [6.07, 6.45) is 0. The first-order chi connectivity index (χ1) is 10.1. The third kappa shape index (κ3) is 3.91. The molecule has 0 saturated heterocycles. The molecule has 5 nitrogen and oxygen atoms in total. The molecule has 104 valence electrons. The molecular weight excluding hydrogens is 266 g/mol. The summed E-state index contributed by atoms with van der Waals surface area (Å²) >= 11 is 0. The van der Waals surface area contributed by atoms with Gasteiger partial charge in [-0.2, -0.15) is 5.26 Å². The van der Waals surface area contributed by atoms with Crippen molar-refractivity contribution in [2.45, 2.75) is 6.92 Å². The minimum Gasteiger partial charge on any atom is -0.308 e. The Morgan fingerprint density at radius 3 is 2.24 bits per heavy atom. The lowest BCUT2D eigenvalue weighted by Crippen LogP contribution is -2.19. The number of Topliss-reactive ketones (excluding diaryl/α,β-unsaturated/α-hetero) is 1. The third-order valence-corrected chi connectivity index (χ3v) is 2.78. The number of nitrogens with zero attached hydrogens (tertiary/aromatic N) is 1. The van der Waals surface area contributed by atoms with Gasteiger partial charge in [-0.1, -0.05) is 18.2 Å². The fraction of sp³-hybridized carbons (Fsp3) is 0.0625. The molecule has 0 spiro atoms. The first-order valence-electron chi connectivity index (χ1n) is 6.27. The van der Waals surface area contributed by atoms with Crippen LogP contribution in [0.4, 0.5) is 16.2 Å². The number of rotatable bonds is 3. The molecule has 0 aliphatic rings. The van der Waals surface area contributed by atoms with E-state index in [4.69, 9.17) is 5.26 Å². The predicted molar refractivity (Wildman–Crippen MR) is 80.2 cm³/mol. The molecule has 0 atom stereocenters. The van der Waals surface area contributed by atoms with Crippen molar-refractivity contribution in [1.82, 2.24) is 0 Å². The lowest BCUT2D eigenvalue weighted by atomic mass is 10.1. The summed E-state index contributed by atoms with van der Waals surface area (Å²) in [5.41, 5.74) is 2.04. The zero-order chi connectivity index (χ0) is 15.2. The largest absolute Gasteiger partial charge is 0.323 e. The minimum absolute atomic E-state index is 0.0687. The van der Waals surface area contributed by atoms with Crippen molar-refractivity contribution in [2.75, 3.05) is 10.6 Å². The fourth-order valence-corrected chi connectivity index (χ4v) is 1.78. The van der Waals surface area contributed by atoms with E-state index in [9.17, 15) is 9.59 Å². The Kier molecular flexibility index (Phi) is 4.32. The SMILES string of the molecule is CC(=O)c1cccc(NC(=O)Nc2cccc(C#N)c2)c1. The highest BCUT2D eigenvalue weighted by atomic mass is 16.2. The second-order valence-corrected chi connectivity index (χ2v) is 4.41. The van der Waals surface area contributed by atoms with Crippen molar-refractivity contribution >= 4 is 23.2 Å². The Morgan fingerprint density at radius 2 is 1.62 bits per heavy atom. The second-order valence-electron chi connectivity index (χ2n) is 4.41. The van der Waals surface area contributed by atoms with E-state index in [2.05, 4.69) is 10.6 Å². The van der Waals surface area contributed by atoms with Crippen LogP contribution in [0.2, 0.25) is 0 Å². The molecule has 0 aliphatic heterocycles.